The van der Waals surface area contributed by atoms with Crippen LogP contribution in [0.3, 0.4) is 0 Å². The van der Waals surface area contributed by atoms with E-state index in [1.807, 2.05) is 0 Å². The quantitative estimate of drug-likeness (QED) is 0.283. The number of thioether (sulfide) groups is 1. The first kappa shape index (κ1) is 21.6. The number of carbonyl (C=O) groups is 2. The molecular weight excluding hydrogens is 338 g/mol. The molecule has 0 unspecified atom stereocenters. The molecule has 0 radical (unpaired) electrons. The van der Waals surface area contributed by atoms with Crippen LogP contribution in [-0.4, -0.2) is 26.8 Å². The summed E-state index contributed by atoms with van der Waals surface area (Å²) in [5, 5.41) is 0. The summed E-state index contributed by atoms with van der Waals surface area (Å²) in [7, 11) is 0. The minimum absolute atomic E-state index is 0.113. The molecule has 0 N–H and O–H groups in total. The van der Waals surface area contributed by atoms with Gasteiger partial charge in [0.25, 0.3) is 0 Å². The van der Waals surface area contributed by atoms with Crippen molar-refractivity contribution < 1.29 is 9.59 Å². The molecule has 0 spiro atoms. The third-order valence-electron chi connectivity index (χ3n) is 4.49. The molecule has 24 heavy (non-hydrogen) atoms. The van der Waals surface area contributed by atoms with E-state index in [4.69, 9.17) is 12.2 Å². The van der Waals surface area contributed by atoms with Gasteiger partial charge in [0.1, 0.15) is 4.32 Å². The van der Waals surface area contributed by atoms with Gasteiger partial charge in [-0.05, 0) is 6.42 Å². The van der Waals surface area contributed by atoms with E-state index in [2.05, 4.69) is 6.92 Å². The van der Waals surface area contributed by atoms with E-state index >= 15 is 0 Å². The van der Waals surface area contributed by atoms with Crippen molar-refractivity contribution in [3.05, 3.63) is 0 Å². The molecule has 1 fully saturated rings. The molecule has 1 rings (SSSR count). The maximum Gasteiger partial charge on any atom is 0.245 e. The molecule has 1 aliphatic heterocycles. The van der Waals surface area contributed by atoms with Gasteiger partial charge in [-0.2, -0.15) is 0 Å². The molecule has 1 saturated heterocycles. The molecule has 138 valence electrons. The molecule has 0 aromatic heterocycles. The first-order valence-corrected chi connectivity index (χ1v) is 11.1. The predicted molar refractivity (Wildman–Crippen MR) is 107 cm³/mol. The number of imide groups is 1. The lowest BCUT2D eigenvalue weighted by Gasteiger charge is -2.12. The Balaban J connectivity index is 1.86. The van der Waals surface area contributed by atoms with Gasteiger partial charge >= 0.3 is 0 Å². The van der Waals surface area contributed by atoms with Crippen LogP contribution in [0.25, 0.3) is 0 Å². The summed E-state index contributed by atoms with van der Waals surface area (Å²) < 4.78 is 0.430. The van der Waals surface area contributed by atoms with Crippen LogP contribution in [-0.2, 0) is 9.59 Å². The molecule has 1 heterocycles. The largest absolute Gasteiger partial charge is 0.274 e. The van der Waals surface area contributed by atoms with Gasteiger partial charge in [-0.25, -0.2) is 4.90 Å². The highest BCUT2D eigenvalue weighted by Crippen LogP contribution is 2.21. The van der Waals surface area contributed by atoms with Crippen LogP contribution in [0.1, 0.15) is 96.8 Å². The molecule has 0 aliphatic carbocycles. The monoisotopic (exact) mass is 371 g/mol. The highest BCUT2D eigenvalue weighted by molar-refractivity contribution is 8.24. The zero-order chi connectivity index (χ0) is 17.6. The standard InChI is InChI=1S/C19H33NO2S2/c1-2-3-4-5-6-7-8-9-10-11-12-13-14-15-17(21)20-18(22)16-24-19(20)23/h2-16H2,1H3. The molecule has 0 atom stereocenters. The van der Waals surface area contributed by atoms with Gasteiger partial charge in [0.05, 0.1) is 5.75 Å². The Hall–Kier alpha value is -0.420. The van der Waals surface area contributed by atoms with Gasteiger partial charge in [0.2, 0.25) is 11.8 Å². The van der Waals surface area contributed by atoms with Crippen LogP contribution in [0, 0.1) is 0 Å². The molecule has 3 nitrogen and oxygen atoms in total. The van der Waals surface area contributed by atoms with Crippen molar-refractivity contribution in [2.75, 3.05) is 5.75 Å². The zero-order valence-corrected chi connectivity index (χ0v) is 16.8. The van der Waals surface area contributed by atoms with Gasteiger partial charge in [-0.1, -0.05) is 108 Å². The molecule has 5 heteroatoms. The van der Waals surface area contributed by atoms with Crippen molar-refractivity contribution in [2.24, 2.45) is 0 Å². The molecule has 2 amide bonds. The zero-order valence-electron chi connectivity index (χ0n) is 15.2. The number of amides is 2. The lowest BCUT2D eigenvalue weighted by molar-refractivity contribution is -0.137. The van der Waals surface area contributed by atoms with E-state index in [1.54, 1.807) is 0 Å². The van der Waals surface area contributed by atoms with Gasteiger partial charge in [-0.15, -0.1) is 0 Å². The fourth-order valence-electron chi connectivity index (χ4n) is 3.00. The van der Waals surface area contributed by atoms with E-state index in [-0.39, 0.29) is 11.8 Å². The molecule has 0 bridgehead atoms. The summed E-state index contributed by atoms with van der Waals surface area (Å²) in [6.07, 6.45) is 17.2. The number of carbonyl (C=O) groups excluding carboxylic acids is 2. The number of hydrogen-bond acceptors (Lipinski definition) is 4. The van der Waals surface area contributed by atoms with Gasteiger partial charge < -0.3 is 0 Å². The summed E-state index contributed by atoms with van der Waals surface area (Å²) in [6.45, 7) is 2.26. The van der Waals surface area contributed by atoms with Gasteiger partial charge in [0.15, 0.2) is 0 Å². The van der Waals surface area contributed by atoms with Crippen molar-refractivity contribution in [1.82, 2.24) is 4.90 Å². The summed E-state index contributed by atoms with van der Waals surface area (Å²) in [5.74, 6) is 0.0613. The first-order valence-electron chi connectivity index (χ1n) is 9.69. The van der Waals surface area contributed by atoms with Crippen LogP contribution in [0.15, 0.2) is 0 Å². The maximum atomic E-state index is 12.0. The van der Waals surface area contributed by atoms with Crippen LogP contribution < -0.4 is 0 Å². The van der Waals surface area contributed by atoms with Crippen LogP contribution in [0.4, 0.5) is 0 Å². The Kier molecular flexibility index (Phi) is 12.5. The second kappa shape index (κ2) is 13.8. The van der Waals surface area contributed by atoms with Crippen molar-refractivity contribution in [1.29, 1.82) is 0 Å². The lowest BCUT2D eigenvalue weighted by Crippen LogP contribution is -2.34. The maximum absolute atomic E-state index is 12.0. The van der Waals surface area contributed by atoms with E-state index in [1.165, 1.54) is 87.3 Å². The van der Waals surface area contributed by atoms with Crippen LogP contribution >= 0.6 is 24.0 Å². The van der Waals surface area contributed by atoms with Crippen LogP contribution in [0.5, 0.6) is 0 Å². The number of rotatable bonds is 14. The Labute approximate surface area is 157 Å². The minimum Gasteiger partial charge on any atom is -0.274 e. The Morgan fingerprint density at radius 2 is 1.38 bits per heavy atom. The SMILES string of the molecule is CCCCCCCCCCCCCCCC(=O)N1C(=O)CSC1=S. The molecule has 0 aromatic carbocycles. The normalized spacial score (nSPS) is 14.6. The van der Waals surface area contributed by atoms with Crippen molar-refractivity contribution in [2.45, 2.75) is 96.8 Å². The van der Waals surface area contributed by atoms with E-state index in [0.29, 0.717) is 16.5 Å². The summed E-state index contributed by atoms with van der Waals surface area (Å²) in [6, 6.07) is 0. The average Bonchev–Trinajstić information content (AvgIpc) is 2.90. The molecule has 0 saturated carbocycles. The second-order valence-electron chi connectivity index (χ2n) is 6.67. The first-order chi connectivity index (χ1) is 11.7. The highest BCUT2D eigenvalue weighted by Gasteiger charge is 2.31. The van der Waals surface area contributed by atoms with E-state index in [0.717, 1.165) is 12.8 Å². The van der Waals surface area contributed by atoms with Crippen molar-refractivity contribution in [3.8, 4) is 0 Å². The predicted octanol–water partition coefficient (Wildman–Crippen LogP) is 5.85. The van der Waals surface area contributed by atoms with E-state index < -0.39 is 0 Å². The number of thiocarbonyl (C=S) groups is 1. The average molecular weight is 372 g/mol. The molecule has 0 aromatic rings. The van der Waals surface area contributed by atoms with Crippen molar-refractivity contribution in [3.63, 3.8) is 0 Å². The minimum atomic E-state index is -0.148. The topological polar surface area (TPSA) is 37.4 Å². The van der Waals surface area contributed by atoms with Gasteiger partial charge in [-0.3, -0.25) is 9.59 Å². The summed E-state index contributed by atoms with van der Waals surface area (Å²) in [5.41, 5.74) is 0. The summed E-state index contributed by atoms with van der Waals surface area (Å²) >= 11 is 6.33. The fourth-order valence-corrected chi connectivity index (χ4v) is 4.09. The van der Waals surface area contributed by atoms with E-state index in [9.17, 15) is 9.59 Å². The Bertz CT molecular complexity index is 383. The smallest absolute Gasteiger partial charge is 0.245 e. The number of hydrogen-bond donors (Lipinski definition) is 0. The van der Waals surface area contributed by atoms with Crippen LogP contribution in [0.2, 0.25) is 0 Å². The summed E-state index contributed by atoms with van der Waals surface area (Å²) in [4.78, 5) is 24.7. The third kappa shape index (κ3) is 9.16. The number of nitrogens with zero attached hydrogens (tertiary/aromatic N) is 1. The van der Waals surface area contributed by atoms with Gasteiger partial charge in [0, 0.05) is 6.42 Å². The lowest BCUT2D eigenvalue weighted by atomic mass is 10.0. The highest BCUT2D eigenvalue weighted by atomic mass is 32.2. The Morgan fingerprint density at radius 1 is 0.917 bits per heavy atom. The number of unbranched alkanes of at least 4 members (excludes halogenated alkanes) is 12. The third-order valence-corrected chi connectivity index (χ3v) is 5.85. The van der Waals surface area contributed by atoms with Crippen molar-refractivity contribution >= 4 is 40.1 Å². The second-order valence-corrected chi connectivity index (χ2v) is 8.28. The molecular formula is C19H33NO2S2. The molecule has 1 aliphatic rings. The fraction of sp³-hybridized carbons (Fsp3) is 0.842. The Morgan fingerprint density at radius 3 is 1.79 bits per heavy atom.